The van der Waals surface area contributed by atoms with Crippen LogP contribution in [-0.2, 0) is 9.31 Å². The topological polar surface area (TPSA) is 68.2 Å². The van der Waals surface area contributed by atoms with Crippen molar-refractivity contribution in [3.8, 4) is 5.75 Å². The molecule has 1 amide bonds. The predicted octanol–water partition coefficient (Wildman–Crippen LogP) is 3.53. The molecule has 2 heterocycles. The number of carboxylic acid groups (broad SMARTS) is 1. The van der Waals surface area contributed by atoms with Gasteiger partial charge in [0.1, 0.15) is 11.9 Å². The van der Waals surface area contributed by atoms with Gasteiger partial charge in [-0.15, -0.1) is 0 Å². The number of likely N-dealkylation sites (tertiary alicyclic amines) is 1. The monoisotopic (exact) mass is 389 g/mol. The molecule has 0 aromatic heterocycles. The van der Waals surface area contributed by atoms with E-state index in [2.05, 4.69) is 20.8 Å². The quantitative estimate of drug-likeness (QED) is 0.801. The maximum atomic E-state index is 11.6. The Morgan fingerprint density at radius 3 is 2.14 bits per heavy atom. The molecule has 6 nitrogen and oxygen atoms in total. The summed E-state index contributed by atoms with van der Waals surface area (Å²) in [6.07, 6.45) is -0.367. The smallest absolute Gasteiger partial charge is 0.488 e. The van der Waals surface area contributed by atoms with Crippen LogP contribution in [0.5, 0.6) is 5.75 Å². The molecule has 0 saturated carbocycles. The first kappa shape index (κ1) is 21.0. The number of amides is 1. The highest BCUT2D eigenvalue weighted by molar-refractivity contribution is 6.62. The van der Waals surface area contributed by atoms with Gasteiger partial charge in [0, 0.05) is 13.0 Å². The molecule has 3 rings (SSSR count). The van der Waals surface area contributed by atoms with E-state index >= 15 is 0 Å². The van der Waals surface area contributed by atoms with E-state index < -0.39 is 13.2 Å². The average molecular weight is 389 g/mol. The zero-order valence-electron chi connectivity index (χ0n) is 18.0. The van der Waals surface area contributed by atoms with Crippen LogP contribution in [0.15, 0.2) is 24.3 Å². The lowest BCUT2D eigenvalue weighted by Gasteiger charge is -2.36. The van der Waals surface area contributed by atoms with Crippen LogP contribution in [0.4, 0.5) is 4.79 Å². The zero-order chi connectivity index (χ0) is 20.9. The van der Waals surface area contributed by atoms with E-state index in [9.17, 15) is 9.90 Å². The Labute approximate surface area is 168 Å². The minimum absolute atomic E-state index is 0.168. The van der Waals surface area contributed by atoms with E-state index in [0.29, 0.717) is 13.0 Å². The maximum absolute atomic E-state index is 11.6. The van der Waals surface area contributed by atoms with Crippen LogP contribution in [0.25, 0.3) is 0 Å². The van der Waals surface area contributed by atoms with E-state index in [4.69, 9.17) is 14.0 Å². The largest absolute Gasteiger partial charge is 0.494 e. The highest BCUT2D eigenvalue weighted by Gasteiger charge is 2.51. The third-order valence-corrected chi connectivity index (χ3v) is 6.17. The van der Waals surface area contributed by atoms with Crippen molar-refractivity contribution in [2.24, 2.45) is 5.41 Å². The predicted molar refractivity (Wildman–Crippen MR) is 109 cm³/mol. The Hall–Kier alpha value is -1.73. The number of hydrogen-bond acceptors (Lipinski definition) is 4. The van der Waals surface area contributed by atoms with Crippen molar-refractivity contribution in [1.82, 2.24) is 4.90 Å². The minimum atomic E-state index is -0.887. The first-order valence-corrected chi connectivity index (χ1v) is 9.94. The van der Waals surface area contributed by atoms with Gasteiger partial charge in [-0.25, -0.2) is 4.79 Å². The average Bonchev–Trinajstić information content (AvgIpc) is 3.07. The number of nitrogens with zero attached hydrogens (tertiary/aromatic N) is 1. The van der Waals surface area contributed by atoms with Crippen LogP contribution >= 0.6 is 0 Å². The first-order valence-electron chi connectivity index (χ1n) is 9.94. The molecular weight excluding hydrogens is 357 g/mol. The molecule has 2 aliphatic heterocycles. The molecule has 0 bridgehead atoms. The molecule has 7 heteroatoms. The molecule has 2 fully saturated rings. The fraction of sp³-hybridized carbons (Fsp3) is 0.667. The van der Waals surface area contributed by atoms with Crippen LogP contribution < -0.4 is 10.2 Å². The summed E-state index contributed by atoms with van der Waals surface area (Å²) in [5, 5.41) is 9.52. The molecule has 0 aliphatic carbocycles. The van der Waals surface area contributed by atoms with Gasteiger partial charge in [0.2, 0.25) is 0 Å². The summed E-state index contributed by atoms with van der Waals surface area (Å²) >= 11 is 0. The standard InChI is InChI=1S/C21H32BNO5/c1-19(2,3)17-16(12-13-23(17)18(24)25)26-15-10-8-14(9-11-15)22-27-20(4,5)21(6,7)28-22/h8-11,16-17H,12-13H2,1-7H3,(H,24,25)/t16?,17-/m1/s1. The third-order valence-electron chi connectivity index (χ3n) is 6.17. The molecule has 154 valence electrons. The van der Waals surface area contributed by atoms with Crippen molar-refractivity contribution in [2.75, 3.05) is 6.54 Å². The Bertz CT molecular complexity index is 709. The molecule has 2 atom stereocenters. The number of rotatable bonds is 3. The Kier molecular flexibility index (Phi) is 5.22. The molecule has 0 spiro atoms. The van der Waals surface area contributed by atoms with Gasteiger partial charge in [-0.1, -0.05) is 32.9 Å². The fourth-order valence-corrected chi connectivity index (χ4v) is 3.98. The lowest BCUT2D eigenvalue weighted by Crippen LogP contribution is -2.48. The van der Waals surface area contributed by atoms with Gasteiger partial charge >= 0.3 is 13.2 Å². The number of hydrogen-bond donors (Lipinski definition) is 1. The van der Waals surface area contributed by atoms with Crippen LogP contribution in [0, 0.1) is 5.41 Å². The molecular formula is C21H32BNO5. The van der Waals surface area contributed by atoms with Gasteiger partial charge in [-0.3, -0.25) is 0 Å². The molecule has 2 aliphatic rings. The highest BCUT2D eigenvalue weighted by Crippen LogP contribution is 2.37. The second kappa shape index (κ2) is 6.96. The van der Waals surface area contributed by atoms with E-state index in [1.165, 1.54) is 4.90 Å². The third kappa shape index (κ3) is 3.87. The molecule has 1 aromatic rings. The van der Waals surface area contributed by atoms with Crippen LogP contribution in [0.1, 0.15) is 54.9 Å². The lowest BCUT2D eigenvalue weighted by atomic mass is 9.79. The van der Waals surface area contributed by atoms with Crippen molar-refractivity contribution >= 4 is 18.7 Å². The van der Waals surface area contributed by atoms with Crippen molar-refractivity contribution in [1.29, 1.82) is 0 Å². The molecule has 0 radical (unpaired) electrons. The molecule has 2 saturated heterocycles. The van der Waals surface area contributed by atoms with Crippen molar-refractivity contribution in [3.05, 3.63) is 24.3 Å². The number of carbonyl (C=O) groups is 1. The van der Waals surface area contributed by atoms with Crippen molar-refractivity contribution < 1.29 is 23.9 Å². The lowest BCUT2D eigenvalue weighted by molar-refractivity contribution is 0.00578. The minimum Gasteiger partial charge on any atom is -0.488 e. The fourth-order valence-electron chi connectivity index (χ4n) is 3.98. The Morgan fingerprint density at radius 1 is 1.14 bits per heavy atom. The maximum Gasteiger partial charge on any atom is 0.494 e. The summed E-state index contributed by atoms with van der Waals surface area (Å²) in [6, 6.07) is 7.53. The van der Waals surface area contributed by atoms with E-state index in [1.54, 1.807) is 0 Å². The van der Waals surface area contributed by atoms with Gasteiger partial charge in [0.05, 0.1) is 17.2 Å². The van der Waals surface area contributed by atoms with Gasteiger partial charge in [-0.2, -0.15) is 0 Å². The molecule has 1 aromatic carbocycles. The summed E-state index contributed by atoms with van der Waals surface area (Å²) in [5.41, 5.74) is -0.0207. The summed E-state index contributed by atoms with van der Waals surface area (Å²) in [4.78, 5) is 13.1. The zero-order valence-corrected chi connectivity index (χ0v) is 18.0. The summed E-state index contributed by atoms with van der Waals surface area (Å²) in [6.45, 7) is 14.8. The second-order valence-electron chi connectivity index (χ2n) is 9.89. The van der Waals surface area contributed by atoms with Crippen LogP contribution in [0.2, 0.25) is 0 Å². The van der Waals surface area contributed by atoms with Gasteiger partial charge in [-0.05, 0) is 50.7 Å². The Morgan fingerprint density at radius 2 is 1.68 bits per heavy atom. The summed E-state index contributed by atoms with van der Waals surface area (Å²) in [5.74, 6) is 0.728. The van der Waals surface area contributed by atoms with Crippen LogP contribution in [0.3, 0.4) is 0 Å². The summed E-state index contributed by atoms with van der Waals surface area (Å²) < 4.78 is 18.4. The molecule has 1 N–H and O–H groups in total. The molecule has 1 unspecified atom stereocenters. The Balaban J connectivity index is 1.72. The summed E-state index contributed by atoms with van der Waals surface area (Å²) in [7, 11) is -0.407. The first-order chi connectivity index (χ1) is 12.8. The van der Waals surface area contributed by atoms with Crippen LogP contribution in [-0.4, -0.2) is 53.1 Å². The van der Waals surface area contributed by atoms with Crippen molar-refractivity contribution in [3.63, 3.8) is 0 Å². The van der Waals surface area contributed by atoms with Gasteiger partial charge in [0.25, 0.3) is 0 Å². The van der Waals surface area contributed by atoms with Gasteiger partial charge < -0.3 is 24.1 Å². The second-order valence-corrected chi connectivity index (χ2v) is 9.89. The van der Waals surface area contributed by atoms with E-state index in [1.807, 2.05) is 52.0 Å². The SMILES string of the molecule is CC(C)(C)[C@H]1C(Oc2ccc(B3OC(C)(C)C(C)(C)O3)cc2)CCN1C(=O)O. The normalized spacial score (nSPS) is 26.5. The van der Waals surface area contributed by atoms with Crippen molar-refractivity contribution in [2.45, 2.75) is 78.2 Å². The molecule has 28 heavy (non-hydrogen) atoms. The van der Waals surface area contributed by atoms with E-state index in [0.717, 1.165) is 11.2 Å². The number of ether oxygens (including phenoxy) is 1. The van der Waals surface area contributed by atoms with Gasteiger partial charge in [0.15, 0.2) is 0 Å². The number of benzene rings is 1. The highest BCUT2D eigenvalue weighted by atomic mass is 16.7. The van der Waals surface area contributed by atoms with E-state index in [-0.39, 0.29) is 28.8 Å².